The fourth-order valence-electron chi connectivity index (χ4n) is 2.94. The number of carbonyl (C=O) groups is 2. The first-order chi connectivity index (χ1) is 13.6. The van der Waals surface area contributed by atoms with Crippen LogP contribution in [0.1, 0.15) is 38.5 Å². The van der Waals surface area contributed by atoms with Gasteiger partial charge in [-0.05, 0) is 30.2 Å². The molecule has 1 fully saturated rings. The number of hydrogen-bond acceptors (Lipinski definition) is 6. The van der Waals surface area contributed by atoms with Gasteiger partial charge in [0.15, 0.2) is 0 Å². The number of carbonyl (C=O) groups excluding carboxylic acids is 2. The van der Waals surface area contributed by atoms with Gasteiger partial charge in [0.2, 0.25) is 17.7 Å². The van der Waals surface area contributed by atoms with Crippen LogP contribution >= 0.6 is 0 Å². The predicted octanol–water partition coefficient (Wildman–Crippen LogP) is 3.47. The molecule has 2 aromatic rings. The lowest BCUT2D eigenvalue weighted by Gasteiger charge is -2.17. The zero-order chi connectivity index (χ0) is 21.2. The molecular formula is C18H19F3N4O4. The number of aromatic nitrogens is 2. The third-order valence-electron chi connectivity index (χ3n) is 4.14. The first kappa shape index (κ1) is 20.6. The lowest BCUT2D eigenvalue weighted by Crippen LogP contribution is -2.24. The van der Waals surface area contributed by atoms with Gasteiger partial charge in [0.1, 0.15) is 5.75 Å². The molecule has 1 aliphatic rings. The van der Waals surface area contributed by atoms with Crippen LogP contribution in [0, 0.1) is 5.92 Å². The number of anilines is 2. The summed E-state index contributed by atoms with van der Waals surface area (Å²) < 4.78 is 46.0. The van der Waals surface area contributed by atoms with Crippen molar-refractivity contribution < 1.29 is 31.9 Å². The lowest BCUT2D eigenvalue weighted by atomic mass is 10.1. The second-order valence-electron chi connectivity index (χ2n) is 7.04. The molecule has 1 aliphatic heterocycles. The Morgan fingerprint density at radius 3 is 2.62 bits per heavy atom. The molecule has 0 spiro atoms. The Labute approximate surface area is 164 Å². The van der Waals surface area contributed by atoms with Crippen LogP contribution in [0.3, 0.4) is 0 Å². The van der Waals surface area contributed by atoms with Crippen molar-refractivity contribution in [3.8, 4) is 5.75 Å². The molecule has 0 bridgehead atoms. The number of alkyl halides is 3. The van der Waals surface area contributed by atoms with Crippen LogP contribution in [-0.2, 0) is 9.59 Å². The average molecular weight is 412 g/mol. The molecule has 8 nitrogen and oxygen atoms in total. The number of nitrogens with zero attached hydrogens (tertiary/aromatic N) is 3. The summed E-state index contributed by atoms with van der Waals surface area (Å²) in [4.78, 5) is 25.5. The van der Waals surface area contributed by atoms with E-state index in [2.05, 4.69) is 20.3 Å². The van der Waals surface area contributed by atoms with Crippen molar-refractivity contribution in [2.24, 2.45) is 5.92 Å². The third kappa shape index (κ3) is 5.46. The molecule has 0 radical (unpaired) electrons. The van der Waals surface area contributed by atoms with Crippen molar-refractivity contribution in [1.82, 2.24) is 10.2 Å². The van der Waals surface area contributed by atoms with E-state index in [4.69, 9.17) is 4.42 Å². The highest BCUT2D eigenvalue weighted by Gasteiger charge is 2.35. The molecule has 2 heterocycles. The van der Waals surface area contributed by atoms with Gasteiger partial charge in [-0.3, -0.25) is 14.9 Å². The number of rotatable bonds is 6. The molecule has 0 saturated carbocycles. The Bertz CT molecular complexity index is 880. The minimum Gasteiger partial charge on any atom is -0.407 e. The monoisotopic (exact) mass is 412 g/mol. The van der Waals surface area contributed by atoms with E-state index < -0.39 is 12.3 Å². The summed E-state index contributed by atoms with van der Waals surface area (Å²) in [6.45, 7) is 4.03. The van der Waals surface area contributed by atoms with Crippen molar-refractivity contribution in [2.45, 2.75) is 39.0 Å². The molecule has 29 heavy (non-hydrogen) atoms. The Balaban J connectivity index is 1.64. The molecule has 0 aliphatic carbocycles. The molecule has 1 aromatic heterocycles. The number of nitrogens with one attached hydrogen (secondary N) is 1. The summed E-state index contributed by atoms with van der Waals surface area (Å²) in [6.07, 6.45) is -4.37. The number of benzene rings is 1. The zero-order valence-corrected chi connectivity index (χ0v) is 15.7. The summed E-state index contributed by atoms with van der Waals surface area (Å²) in [6, 6.07) is 4.97. The maximum absolute atomic E-state index is 12.3. The first-order valence-corrected chi connectivity index (χ1v) is 8.90. The Kier molecular flexibility index (Phi) is 5.76. The fraction of sp³-hybridized carbons (Fsp3) is 0.444. The Hall–Kier alpha value is -3.11. The normalized spacial score (nSPS) is 17.1. The van der Waals surface area contributed by atoms with Crippen molar-refractivity contribution >= 4 is 23.5 Å². The van der Waals surface area contributed by atoms with Gasteiger partial charge in [-0.15, -0.1) is 18.3 Å². The molecule has 1 unspecified atom stereocenters. The van der Waals surface area contributed by atoms with Crippen LogP contribution in [0.2, 0.25) is 0 Å². The van der Waals surface area contributed by atoms with Gasteiger partial charge in [0, 0.05) is 25.1 Å². The fourth-order valence-corrected chi connectivity index (χ4v) is 2.94. The Morgan fingerprint density at radius 1 is 1.31 bits per heavy atom. The van der Waals surface area contributed by atoms with Crippen LogP contribution in [0.25, 0.3) is 0 Å². The second-order valence-corrected chi connectivity index (χ2v) is 7.04. The van der Waals surface area contributed by atoms with E-state index in [1.54, 1.807) is 0 Å². The van der Waals surface area contributed by atoms with Crippen LogP contribution in [0.4, 0.5) is 24.9 Å². The third-order valence-corrected chi connectivity index (χ3v) is 4.14. The van der Waals surface area contributed by atoms with Gasteiger partial charge in [-0.1, -0.05) is 18.9 Å². The SMILES string of the molecule is CC(C)CC(=O)Nc1nnc(C2CC(=O)N(c3ccc(OC(F)(F)F)cc3)C2)o1. The largest absolute Gasteiger partial charge is 0.573 e. The van der Waals surface area contributed by atoms with Gasteiger partial charge in [-0.25, -0.2) is 0 Å². The Morgan fingerprint density at radius 2 is 2.00 bits per heavy atom. The summed E-state index contributed by atoms with van der Waals surface area (Å²) in [5.41, 5.74) is 0.428. The van der Waals surface area contributed by atoms with Gasteiger partial charge in [0.25, 0.3) is 0 Å². The van der Waals surface area contributed by atoms with E-state index in [0.717, 1.165) is 12.1 Å². The van der Waals surface area contributed by atoms with E-state index in [-0.39, 0.29) is 48.4 Å². The maximum Gasteiger partial charge on any atom is 0.573 e. The molecule has 11 heteroatoms. The number of ether oxygens (including phenoxy) is 1. The van der Waals surface area contributed by atoms with Crippen LogP contribution < -0.4 is 15.0 Å². The lowest BCUT2D eigenvalue weighted by molar-refractivity contribution is -0.274. The number of amides is 2. The topological polar surface area (TPSA) is 97.6 Å². The molecule has 1 N–H and O–H groups in total. The second kappa shape index (κ2) is 8.10. The summed E-state index contributed by atoms with van der Waals surface area (Å²) in [5, 5.41) is 10.2. The zero-order valence-electron chi connectivity index (χ0n) is 15.7. The van der Waals surface area contributed by atoms with Crippen LogP contribution in [0.15, 0.2) is 28.7 Å². The van der Waals surface area contributed by atoms with Crippen molar-refractivity contribution in [3.63, 3.8) is 0 Å². The summed E-state index contributed by atoms with van der Waals surface area (Å²) in [7, 11) is 0. The summed E-state index contributed by atoms with van der Waals surface area (Å²) in [5.74, 6) is -0.868. The smallest absolute Gasteiger partial charge is 0.407 e. The minimum atomic E-state index is -4.78. The van der Waals surface area contributed by atoms with Gasteiger partial charge in [0.05, 0.1) is 5.92 Å². The number of halogens is 3. The van der Waals surface area contributed by atoms with Crippen molar-refractivity contribution in [2.75, 3.05) is 16.8 Å². The molecule has 1 saturated heterocycles. The number of hydrogen-bond donors (Lipinski definition) is 1. The highest BCUT2D eigenvalue weighted by molar-refractivity contribution is 5.96. The van der Waals surface area contributed by atoms with E-state index >= 15 is 0 Å². The maximum atomic E-state index is 12.3. The first-order valence-electron chi connectivity index (χ1n) is 8.90. The van der Waals surface area contributed by atoms with E-state index in [9.17, 15) is 22.8 Å². The highest BCUT2D eigenvalue weighted by atomic mass is 19.4. The predicted molar refractivity (Wildman–Crippen MR) is 95.2 cm³/mol. The van der Waals surface area contributed by atoms with Gasteiger partial charge >= 0.3 is 12.4 Å². The molecule has 2 amide bonds. The van der Waals surface area contributed by atoms with Gasteiger partial charge in [-0.2, -0.15) is 0 Å². The average Bonchev–Trinajstić information content (AvgIpc) is 3.20. The summed E-state index contributed by atoms with van der Waals surface area (Å²) >= 11 is 0. The molecule has 1 aromatic carbocycles. The van der Waals surface area contributed by atoms with Crippen LogP contribution in [0.5, 0.6) is 5.75 Å². The molecular weight excluding hydrogens is 393 g/mol. The molecule has 1 atom stereocenters. The van der Waals surface area contributed by atoms with E-state index in [1.165, 1.54) is 17.0 Å². The standard InChI is InChI=1S/C18H19F3N4O4/c1-10(2)7-14(26)22-17-24-23-16(28-17)11-8-15(27)25(9-11)12-3-5-13(6-4-12)29-18(19,20)21/h3-6,10-11H,7-9H2,1-2H3,(H,22,24,26). The highest BCUT2D eigenvalue weighted by Crippen LogP contribution is 2.33. The van der Waals surface area contributed by atoms with Gasteiger partial charge < -0.3 is 14.1 Å². The molecule has 156 valence electrons. The quantitative estimate of drug-likeness (QED) is 0.780. The van der Waals surface area contributed by atoms with Crippen molar-refractivity contribution in [1.29, 1.82) is 0 Å². The van der Waals surface area contributed by atoms with Crippen LogP contribution in [-0.4, -0.2) is 34.9 Å². The van der Waals surface area contributed by atoms with E-state index in [1.807, 2.05) is 13.8 Å². The minimum absolute atomic E-state index is 0.0369. The van der Waals surface area contributed by atoms with E-state index in [0.29, 0.717) is 12.1 Å². The van der Waals surface area contributed by atoms with Crippen molar-refractivity contribution in [3.05, 3.63) is 30.2 Å². The molecule has 3 rings (SSSR count).